The minimum absolute atomic E-state index is 0.123. The van der Waals surface area contributed by atoms with Crippen LogP contribution in [0.3, 0.4) is 0 Å². The highest BCUT2D eigenvalue weighted by atomic mass is 35.5. The van der Waals surface area contributed by atoms with E-state index in [9.17, 15) is 4.79 Å². The SMILES string of the molecule is CN1CCN(Nc2cccc(Cl)c2C(=O)O)CC1. The summed E-state index contributed by atoms with van der Waals surface area (Å²) in [6.07, 6.45) is 0. The molecule has 1 aromatic carbocycles. The molecule has 0 amide bonds. The fourth-order valence-corrected chi connectivity index (χ4v) is 2.18. The number of anilines is 1. The highest BCUT2D eigenvalue weighted by Crippen LogP contribution is 2.24. The van der Waals surface area contributed by atoms with Crippen molar-refractivity contribution < 1.29 is 9.90 Å². The maximum atomic E-state index is 11.2. The molecule has 1 aliphatic rings. The van der Waals surface area contributed by atoms with Gasteiger partial charge < -0.3 is 15.4 Å². The van der Waals surface area contributed by atoms with Crippen LogP contribution in [0.4, 0.5) is 5.69 Å². The molecule has 0 atom stereocenters. The summed E-state index contributed by atoms with van der Waals surface area (Å²) >= 11 is 5.92. The lowest BCUT2D eigenvalue weighted by Crippen LogP contribution is -2.47. The van der Waals surface area contributed by atoms with Crippen molar-refractivity contribution in [2.45, 2.75) is 0 Å². The molecule has 6 heteroatoms. The number of piperazine rings is 1. The smallest absolute Gasteiger partial charge is 0.339 e. The standard InChI is InChI=1S/C12H16ClN3O2/c1-15-5-7-16(8-6-15)14-10-4-2-3-9(13)11(10)12(17)18/h2-4,14H,5-8H2,1H3,(H,17,18). The highest BCUT2D eigenvalue weighted by Gasteiger charge is 2.18. The first kappa shape index (κ1) is 13.1. The molecule has 0 bridgehead atoms. The van der Waals surface area contributed by atoms with Gasteiger partial charge >= 0.3 is 5.97 Å². The molecular formula is C12H16ClN3O2. The molecule has 98 valence electrons. The summed E-state index contributed by atoms with van der Waals surface area (Å²) in [5, 5.41) is 11.4. The van der Waals surface area contributed by atoms with Crippen LogP contribution in [0.1, 0.15) is 10.4 Å². The number of carboxylic acid groups (broad SMARTS) is 1. The summed E-state index contributed by atoms with van der Waals surface area (Å²) in [7, 11) is 2.07. The third-order valence-corrected chi connectivity index (χ3v) is 3.32. The molecule has 1 heterocycles. The minimum atomic E-state index is -1.02. The molecule has 5 nitrogen and oxygen atoms in total. The van der Waals surface area contributed by atoms with Gasteiger partial charge in [0.2, 0.25) is 0 Å². The molecule has 0 aromatic heterocycles. The second-order valence-electron chi connectivity index (χ2n) is 4.37. The summed E-state index contributed by atoms with van der Waals surface area (Å²) in [6.45, 7) is 3.61. The van der Waals surface area contributed by atoms with Crippen molar-refractivity contribution in [1.29, 1.82) is 0 Å². The highest BCUT2D eigenvalue weighted by molar-refractivity contribution is 6.34. The molecule has 18 heavy (non-hydrogen) atoms. The van der Waals surface area contributed by atoms with Gasteiger partial charge in [0.25, 0.3) is 0 Å². The van der Waals surface area contributed by atoms with E-state index >= 15 is 0 Å². The van der Waals surface area contributed by atoms with Crippen LogP contribution in [0.2, 0.25) is 5.02 Å². The Bertz CT molecular complexity index is 445. The van der Waals surface area contributed by atoms with Crippen LogP contribution in [0.5, 0.6) is 0 Å². The van der Waals surface area contributed by atoms with Gasteiger partial charge in [-0.05, 0) is 19.2 Å². The lowest BCUT2D eigenvalue weighted by molar-refractivity contribution is 0.0697. The van der Waals surface area contributed by atoms with Crippen molar-refractivity contribution in [1.82, 2.24) is 9.91 Å². The van der Waals surface area contributed by atoms with Crippen molar-refractivity contribution in [3.05, 3.63) is 28.8 Å². The molecule has 1 fully saturated rings. The quantitative estimate of drug-likeness (QED) is 0.873. The lowest BCUT2D eigenvalue weighted by Gasteiger charge is -2.33. The maximum Gasteiger partial charge on any atom is 0.339 e. The lowest BCUT2D eigenvalue weighted by atomic mass is 10.2. The number of hydrogen-bond acceptors (Lipinski definition) is 4. The van der Waals surface area contributed by atoms with E-state index in [-0.39, 0.29) is 10.6 Å². The van der Waals surface area contributed by atoms with Gasteiger partial charge in [0.05, 0.1) is 10.7 Å². The van der Waals surface area contributed by atoms with Crippen molar-refractivity contribution in [2.75, 3.05) is 38.7 Å². The van der Waals surface area contributed by atoms with Gasteiger partial charge in [-0.25, -0.2) is 9.80 Å². The number of aromatic carboxylic acids is 1. The number of hydrazine groups is 1. The zero-order valence-electron chi connectivity index (χ0n) is 10.2. The Balaban J connectivity index is 2.14. The Morgan fingerprint density at radius 1 is 1.33 bits per heavy atom. The van der Waals surface area contributed by atoms with E-state index in [1.807, 2.05) is 5.01 Å². The third kappa shape index (κ3) is 2.93. The number of likely N-dealkylation sites (N-methyl/N-ethyl adjacent to an activating group) is 1. The Morgan fingerprint density at radius 2 is 2.00 bits per heavy atom. The Morgan fingerprint density at radius 3 is 2.61 bits per heavy atom. The molecule has 0 saturated carbocycles. The molecule has 1 aliphatic heterocycles. The van der Waals surface area contributed by atoms with Gasteiger partial charge in [0, 0.05) is 26.2 Å². The van der Waals surface area contributed by atoms with Gasteiger partial charge in [-0.1, -0.05) is 17.7 Å². The fourth-order valence-electron chi connectivity index (χ4n) is 1.92. The van der Waals surface area contributed by atoms with Crippen molar-refractivity contribution >= 4 is 23.3 Å². The zero-order chi connectivity index (χ0) is 13.1. The number of hydrogen-bond donors (Lipinski definition) is 2. The van der Waals surface area contributed by atoms with Gasteiger partial charge in [-0.3, -0.25) is 0 Å². The van der Waals surface area contributed by atoms with Crippen LogP contribution in [0, 0.1) is 0 Å². The largest absolute Gasteiger partial charge is 0.478 e. The predicted octanol–water partition coefficient (Wildman–Crippen LogP) is 1.61. The van der Waals surface area contributed by atoms with E-state index in [0.717, 1.165) is 26.2 Å². The summed E-state index contributed by atoms with van der Waals surface area (Å²) in [5.74, 6) is -1.02. The predicted molar refractivity (Wildman–Crippen MR) is 71.1 cm³/mol. The van der Waals surface area contributed by atoms with Gasteiger partial charge in [0.1, 0.15) is 5.56 Å². The Hall–Kier alpha value is -1.30. The summed E-state index contributed by atoms with van der Waals surface area (Å²) in [4.78, 5) is 13.4. The first-order valence-corrected chi connectivity index (χ1v) is 6.17. The second-order valence-corrected chi connectivity index (χ2v) is 4.78. The number of nitrogens with zero attached hydrogens (tertiary/aromatic N) is 2. The van der Waals surface area contributed by atoms with E-state index < -0.39 is 5.97 Å². The van der Waals surface area contributed by atoms with Crippen LogP contribution < -0.4 is 5.43 Å². The van der Waals surface area contributed by atoms with Gasteiger partial charge in [-0.15, -0.1) is 0 Å². The van der Waals surface area contributed by atoms with Crippen molar-refractivity contribution in [3.8, 4) is 0 Å². The molecule has 1 aromatic rings. The van der Waals surface area contributed by atoms with Crippen LogP contribution >= 0.6 is 11.6 Å². The zero-order valence-corrected chi connectivity index (χ0v) is 10.9. The van der Waals surface area contributed by atoms with Crippen LogP contribution in [0.15, 0.2) is 18.2 Å². The van der Waals surface area contributed by atoms with E-state index in [1.54, 1.807) is 18.2 Å². The summed E-state index contributed by atoms with van der Waals surface area (Å²) < 4.78 is 0. The monoisotopic (exact) mass is 269 g/mol. The molecular weight excluding hydrogens is 254 g/mol. The Labute approximate surface area is 111 Å². The molecule has 0 unspecified atom stereocenters. The van der Waals surface area contributed by atoms with Crippen LogP contribution in [-0.4, -0.2) is 54.2 Å². The van der Waals surface area contributed by atoms with E-state index in [0.29, 0.717) is 5.69 Å². The fraction of sp³-hybridized carbons (Fsp3) is 0.417. The summed E-state index contributed by atoms with van der Waals surface area (Å²) in [5.41, 5.74) is 3.80. The molecule has 0 radical (unpaired) electrons. The molecule has 1 saturated heterocycles. The van der Waals surface area contributed by atoms with Gasteiger partial charge in [0.15, 0.2) is 0 Å². The molecule has 2 rings (SSSR count). The van der Waals surface area contributed by atoms with Crippen molar-refractivity contribution in [2.24, 2.45) is 0 Å². The first-order chi connectivity index (χ1) is 8.58. The van der Waals surface area contributed by atoms with Crippen LogP contribution in [-0.2, 0) is 0 Å². The maximum absolute atomic E-state index is 11.2. The van der Waals surface area contributed by atoms with Gasteiger partial charge in [-0.2, -0.15) is 0 Å². The summed E-state index contributed by atoms with van der Waals surface area (Å²) in [6, 6.07) is 5.06. The van der Waals surface area contributed by atoms with E-state index in [4.69, 9.17) is 16.7 Å². The molecule has 2 N–H and O–H groups in total. The number of nitrogens with one attached hydrogen (secondary N) is 1. The number of halogens is 1. The van der Waals surface area contributed by atoms with E-state index in [2.05, 4.69) is 17.4 Å². The van der Waals surface area contributed by atoms with Crippen LogP contribution in [0.25, 0.3) is 0 Å². The third-order valence-electron chi connectivity index (χ3n) is 3.01. The van der Waals surface area contributed by atoms with E-state index in [1.165, 1.54) is 0 Å². The number of rotatable bonds is 3. The first-order valence-electron chi connectivity index (χ1n) is 5.80. The average Bonchev–Trinajstić information content (AvgIpc) is 2.32. The van der Waals surface area contributed by atoms with Crippen molar-refractivity contribution in [3.63, 3.8) is 0 Å². The second kappa shape index (κ2) is 5.56. The topological polar surface area (TPSA) is 55.8 Å². The Kier molecular flexibility index (Phi) is 4.06. The normalized spacial score (nSPS) is 17.7. The minimum Gasteiger partial charge on any atom is -0.478 e. The number of carboxylic acids is 1. The molecule has 0 aliphatic carbocycles. The average molecular weight is 270 g/mol. The molecule has 0 spiro atoms. The number of benzene rings is 1. The number of carbonyl (C=O) groups is 1.